The second kappa shape index (κ2) is 5.80. The predicted molar refractivity (Wildman–Crippen MR) is 90.6 cm³/mol. The summed E-state index contributed by atoms with van der Waals surface area (Å²) in [4.78, 5) is 27.9. The van der Waals surface area contributed by atoms with Crippen LogP contribution in [0, 0.1) is 27.7 Å². The number of aromatic nitrogens is 6. The lowest BCUT2D eigenvalue weighted by atomic mass is 10.3. The predicted octanol–water partition coefficient (Wildman–Crippen LogP) is 1.28. The summed E-state index contributed by atoms with van der Waals surface area (Å²) >= 11 is 0. The fraction of sp³-hybridized carbons (Fsp3) is 0.250. The van der Waals surface area contributed by atoms with Crippen LogP contribution in [0.4, 0.5) is 0 Å². The van der Waals surface area contributed by atoms with Crippen LogP contribution in [0.15, 0.2) is 33.9 Å². The number of nitrogens with one attached hydrogen (secondary N) is 2. The van der Waals surface area contributed by atoms with Crippen molar-refractivity contribution in [2.45, 2.75) is 27.7 Å². The summed E-state index contributed by atoms with van der Waals surface area (Å²) in [5, 5.41) is 8.05. The van der Waals surface area contributed by atoms with Crippen LogP contribution in [0.1, 0.15) is 22.8 Å². The third kappa shape index (κ3) is 2.98. The number of rotatable bonds is 0. The molecule has 0 saturated heterocycles. The van der Waals surface area contributed by atoms with Crippen LogP contribution in [-0.2, 0) is 0 Å². The van der Waals surface area contributed by atoms with Gasteiger partial charge < -0.3 is 9.97 Å². The van der Waals surface area contributed by atoms with Crippen molar-refractivity contribution in [3.05, 3.63) is 68.0 Å². The van der Waals surface area contributed by atoms with Crippen molar-refractivity contribution in [1.82, 2.24) is 29.2 Å². The monoisotopic (exact) mass is 326 g/mol. The summed E-state index contributed by atoms with van der Waals surface area (Å²) in [6.45, 7) is 7.43. The molecule has 0 bridgehead atoms. The Morgan fingerprint density at radius 1 is 0.708 bits per heavy atom. The normalized spacial score (nSPS) is 10.8. The zero-order chi connectivity index (χ0) is 17.4. The van der Waals surface area contributed by atoms with Gasteiger partial charge in [0.05, 0.1) is 22.4 Å². The number of aromatic amines is 2. The third-order valence-corrected chi connectivity index (χ3v) is 3.44. The first-order valence-corrected chi connectivity index (χ1v) is 7.46. The van der Waals surface area contributed by atoms with Gasteiger partial charge in [0, 0.05) is 11.4 Å². The second-order valence-corrected chi connectivity index (χ2v) is 5.76. The SMILES string of the molecule is Cc1cc2cc(C)[nH]c(=O)n2n1.Cc1cc2cc(C)[nH]c(=O)n2n1. The van der Waals surface area contributed by atoms with Gasteiger partial charge in [-0.3, -0.25) is 0 Å². The highest BCUT2D eigenvalue weighted by molar-refractivity contribution is 5.48. The molecule has 24 heavy (non-hydrogen) atoms. The van der Waals surface area contributed by atoms with E-state index in [-0.39, 0.29) is 11.4 Å². The van der Waals surface area contributed by atoms with Crippen molar-refractivity contribution in [1.29, 1.82) is 0 Å². The number of aryl methyl sites for hydroxylation is 4. The number of fused-ring (bicyclic) bond motifs is 2. The number of H-pyrrole nitrogens is 2. The molecule has 124 valence electrons. The third-order valence-electron chi connectivity index (χ3n) is 3.44. The van der Waals surface area contributed by atoms with E-state index in [0.717, 1.165) is 33.8 Å². The average Bonchev–Trinajstić information content (AvgIpc) is 3.01. The summed E-state index contributed by atoms with van der Waals surface area (Å²) < 4.78 is 2.73. The lowest BCUT2D eigenvalue weighted by Crippen LogP contribution is -2.17. The van der Waals surface area contributed by atoms with Gasteiger partial charge in [-0.05, 0) is 52.0 Å². The highest BCUT2D eigenvalue weighted by Gasteiger charge is 2.01. The molecule has 4 rings (SSSR count). The zero-order valence-electron chi connectivity index (χ0n) is 13.9. The van der Waals surface area contributed by atoms with Gasteiger partial charge in [-0.25, -0.2) is 9.59 Å². The molecule has 2 N–H and O–H groups in total. The molecule has 0 fully saturated rings. The van der Waals surface area contributed by atoms with E-state index in [4.69, 9.17) is 0 Å². The van der Waals surface area contributed by atoms with Crippen LogP contribution in [0.5, 0.6) is 0 Å². The minimum absolute atomic E-state index is 0.182. The first-order valence-electron chi connectivity index (χ1n) is 7.46. The molecule has 0 atom stereocenters. The maximum absolute atomic E-state index is 11.3. The van der Waals surface area contributed by atoms with Crippen LogP contribution >= 0.6 is 0 Å². The van der Waals surface area contributed by atoms with E-state index in [1.807, 2.05) is 52.0 Å². The Kier molecular flexibility index (Phi) is 3.80. The quantitative estimate of drug-likeness (QED) is 0.508. The van der Waals surface area contributed by atoms with Gasteiger partial charge in [0.25, 0.3) is 0 Å². The van der Waals surface area contributed by atoms with Gasteiger partial charge in [-0.1, -0.05) is 0 Å². The second-order valence-electron chi connectivity index (χ2n) is 5.76. The molecule has 0 radical (unpaired) electrons. The Morgan fingerprint density at radius 2 is 1.08 bits per heavy atom. The van der Waals surface area contributed by atoms with E-state index in [9.17, 15) is 9.59 Å². The van der Waals surface area contributed by atoms with Crippen molar-refractivity contribution in [3.8, 4) is 0 Å². The van der Waals surface area contributed by atoms with Crippen LogP contribution < -0.4 is 11.4 Å². The molecule has 0 aliphatic heterocycles. The Balaban J connectivity index is 0.000000141. The summed E-state index contributed by atoms with van der Waals surface area (Å²) in [6.07, 6.45) is 0. The summed E-state index contributed by atoms with van der Waals surface area (Å²) in [6, 6.07) is 7.54. The van der Waals surface area contributed by atoms with E-state index in [0.29, 0.717) is 0 Å². The van der Waals surface area contributed by atoms with Crippen molar-refractivity contribution in [2.75, 3.05) is 0 Å². The summed E-state index contributed by atoms with van der Waals surface area (Å²) in [7, 11) is 0. The van der Waals surface area contributed by atoms with Crippen LogP contribution in [-0.4, -0.2) is 29.2 Å². The summed E-state index contributed by atoms with van der Waals surface area (Å²) in [5.74, 6) is 0. The molecule has 0 aromatic carbocycles. The molecular weight excluding hydrogens is 308 g/mol. The molecule has 4 aromatic rings. The average molecular weight is 326 g/mol. The molecule has 0 unspecified atom stereocenters. The van der Waals surface area contributed by atoms with Gasteiger partial charge in [0.1, 0.15) is 0 Å². The molecule has 0 amide bonds. The van der Waals surface area contributed by atoms with E-state index >= 15 is 0 Å². The van der Waals surface area contributed by atoms with Gasteiger partial charge in [0.2, 0.25) is 0 Å². The van der Waals surface area contributed by atoms with E-state index in [2.05, 4.69) is 20.2 Å². The lowest BCUT2D eigenvalue weighted by Gasteiger charge is -1.92. The van der Waals surface area contributed by atoms with Crippen molar-refractivity contribution in [2.24, 2.45) is 0 Å². The molecule has 4 heterocycles. The molecule has 0 aliphatic rings. The first kappa shape index (κ1) is 15.7. The maximum atomic E-state index is 11.3. The molecule has 8 heteroatoms. The largest absolute Gasteiger partial charge is 0.346 e. The Labute approximate surface area is 136 Å². The smallest absolute Gasteiger partial charge is 0.310 e. The number of hydrogen-bond acceptors (Lipinski definition) is 4. The lowest BCUT2D eigenvalue weighted by molar-refractivity contribution is 0.842. The van der Waals surface area contributed by atoms with Crippen LogP contribution in [0.2, 0.25) is 0 Å². The van der Waals surface area contributed by atoms with E-state index in [1.165, 1.54) is 9.03 Å². The minimum atomic E-state index is -0.182. The number of nitrogens with zero attached hydrogens (tertiary/aromatic N) is 4. The highest BCUT2D eigenvalue weighted by Crippen LogP contribution is 2.03. The summed E-state index contributed by atoms with van der Waals surface area (Å²) in [5.41, 5.74) is 4.73. The van der Waals surface area contributed by atoms with Gasteiger partial charge in [-0.15, -0.1) is 0 Å². The van der Waals surface area contributed by atoms with Crippen molar-refractivity contribution >= 4 is 11.0 Å². The zero-order valence-corrected chi connectivity index (χ0v) is 13.9. The first-order chi connectivity index (χ1) is 11.3. The Morgan fingerprint density at radius 3 is 1.46 bits per heavy atom. The van der Waals surface area contributed by atoms with E-state index < -0.39 is 0 Å². The van der Waals surface area contributed by atoms with Crippen molar-refractivity contribution in [3.63, 3.8) is 0 Å². The maximum Gasteiger partial charge on any atom is 0.346 e. The number of hydrogen-bond donors (Lipinski definition) is 2. The highest BCUT2D eigenvalue weighted by atomic mass is 16.1. The Hall–Kier alpha value is -3.16. The van der Waals surface area contributed by atoms with Crippen molar-refractivity contribution < 1.29 is 0 Å². The molecule has 0 spiro atoms. The Bertz CT molecular complexity index is 1050. The van der Waals surface area contributed by atoms with E-state index in [1.54, 1.807) is 0 Å². The minimum Gasteiger partial charge on any atom is -0.310 e. The molecule has 8 nitrogen and oxygen atoms in total. The topological polar surface area (TPSA) is 100 Å². The van der Waals surface area contributed by atoms with Crippen LogP contribution in [0.25, 0.3) is 11.0 Å². The molecule has 0 aliphatic carbocycles. The molecule has 0 saturated carbocycles. The van der Waals surface area contributed by atoms with Gasteiger partial charge in [0.15, 0.2) is 0 Å². The molecule has 4 aromatic heterocycles. The van der Waals surface area contributed by atoms with Crippen LogP contribution in [0.3, 0.4) is 0 Å². The molecular formula is C16H18N6O2. The van der Waals surface area contributed by atoms with Gasteiger partial charge in [-0.2, -0.15) is 19.2 Å². The van der Waals surface area contributed by atoms with Gasteiger partial charge >= 0.3 is 11.4 Å². The fourth-order valence-electron chi connectivity index (χ4n) is 2.53. The standard InChI is InChI=1S/2C8H9N3O/c2*1-5-3-7-4-6(2)10-11(7)8(12)9-5/h2*3-4H,1-2H3,(H,9,12). The fourth-order valence-corrected chi connectivity index (χ4v) is 2.53.